The third kappa shape index (κ3) is 3.37. The summed E-state index contributed by atoms with van der Waals surface area (Å²) < 4.78 is 6.18. The van der Waals surface area contributed by atoms with Crippen LogP contribution in [0.2, 0.25) is 23.3 Å². The molecule has 3 nitrogen and oxygen atoms in total. The molecule has 0 fully saturated rings. The molecule has 2 rings (SSSR count). The minimum atomic E-state index is -1.74. The van der Waals surface area contributed by atoms with Crippen LogP contribution in [0.15, 0.2) is 24.5 Å². The van der Waals surface area contributed by atoms with Gasteiger partial charge < -0.3 is 4.43 Å². The maximum Gasteiger partial charge on any atom is 0.192 e. The van der Waals surface area contributed by atoms with E-state index in [0.717, 1.165) is 16.5 Å². The zero-order chi connectivity index (χ0) is 15.0. The lowest BCUT2D eigenvalue weighted by molar-refractivity contribution is 0.272. The molecule has 0 spiro atoms. The molecule has 0 atom stereocenters. The Morgan fingerprint density at radius 2 is 1.70 bits per heavy atom. The second kappa shape index (κ2) is 5.43. The van der Waals surface area contributed by atoms with Gasteiger partial charge in [-0.1, -0.05) is 32.4 Å². The average molecular weight is 309 g/mol. The van der Waals surface area contributed by atoms with E-state index in [-0.39, 0.29) is 5.04 Å². The summed E-state index contributed by atoms with van der Waals surface area (Å²) >= 11 is 5.87. The Hall–Kier alpha value is -0.973. The lowest BCUT2D eigenvalue weighted by Gasteiger charge is -2.36. The van der Waals surface area contributed by atoms with E-state index in [2.05, 4.69) is 43.8 Å². The third-order valence-electron chi connectivity index (χ3n) is 4.01. The van der Waals surface area contributed by atoms with E-state index in [9.17, 15) is 0 Å². The monoisotopic (exact) mass is 308 g/mol. The first-order valence-corrected chi connectivity index (χ1v) is 10.0. The Morgan fingerprint density at radius 3 is 2.35 bits per heavy atom. The highest BCUT2D eigenvalue weighted by atomic mass is 35.5. The van der Waals surface area contributed by atoms with E-state index in [1.807, 2.05) is 18.3 Å². The fourth-order valence-corrected chi connectivity index (χ4v) is 2.71. The number of aromatic nitrogens is 2. The van der Waals surface area contributed by atoms with E-state index < -0.39 is 8.32 Å². The van der Waals surface area contributed by atoms with E-state index in [1.165, 1.54) is 0 Å². The zero-order valence-electron chi connectivity index (χ0n) is 12.7. The van der Waals surface area contributed by atoms with Crippen molar-refractivity contribution in [2.75, 3.05) is 0 Å². The van der Waals surface area contributed by atoms with Crippen molar-refractivity contribution in [3.05, 3.63) is 35.4 Å². The number of pyridine rings is 2. The van der Waals surface area contributed by atoms with Gasteiger partial charge in [-0.3, -0.25) is 4.98 Å². The van der Waals surface area contributed by atoms with Crippen LogP contribution in [0.4, 0.5) is 0 Å². The number of hydrogen-bond donors (Lipinski definition) is 0. The molecule has 108 valence electrons. The van der Waals surface area contributed by atoms with E-state index in [1.54, 1.807) is 6.20 Å². The highest BCUT2D eigenvalue weighted by molar-refractivity contribution is 6.74. The lowest BCUT2D eigenvalue weighted by Crippen LogP contribution is -2.40. The second-order valence-electron chi connectivity index (χ2n) is 6.58. The standard InChI is InChI=1S/C15H21ClN2OSi/c1-15(2,3)20(4,5)19-10-13-6-11-9-18-14(16)7-12(11)8-17-13/h6-9H,10H2,1-5H3. The van der Waals surface area contributed by atoms with Crippen molar-refractivity contribution < 1.29 is 4.43 Å². The van der Waals surface area contributed by atoms with Crippen molar-refractivity contribution in [3.8, 4) is 0 Å². The summed E-state index contributed by atoms with van der Waals surface area (Å²) in [5, 5.41) is 2.74. The van der Waals surface area contributed by atoms with Crippen LogP contribution in [-0.4, -0.2) is 18.3 Å². The minimum Gasteiger partial charge on any atom is -0.411 e. The van der Waals surface area contributed by atoms with Crippen LogP contribution in [-0.2, 0) is 11.0 Å². The largest absolute Gasteiger partial charge is 0.411 e. The maximum absolute atomic E-state index is 6.18. The topological polar surface area (TPSA) is 35.0 Å². The minimum absolute atomic E-state index is 0.207. The smallest absolute Gasteiger partial charge is 0.192 e. The molecule has 0 radical (unpaired) electrons. The van der Waals surface area contributed by atoms with Crippen LogP contribution in [0.1, 0.15) is 26.5 Å². The number of rotatable bonds is 3. The fraction of sp³-hybridized carbons (Fsp3) is 0.467. The van der Waals surface area contributed by atoms with Gasteiger partial charge in [0.05, 0.1) is 12.3 Å². The molecule has 2 aromatic heterocycles. The van der Waals surface area contributed by atoms with Gasteiger partial charge in [-0.05, 0) is 30.3 Å². The molecule has 0 saturated carbocycles. The Labute approximate surface area is 126 Å². The van der Waals surface area contributed by atoms with E-state index >= 15 is 0 Å². The molecule has 2 heterocycles. The van der Waals surface area contributed by atoms with Crippen LogP contribution in [0.25, 0.3) is 10.8 Å². The molecule has 0 saturated heterocycles. The van der Waals surface area contributed by atoms with Gasteiger partial charge >= 0.3 is 0 Å². The Kier molecular flexibility index (Phi) is 4.18. The van der Waals surface area contributed by atoms with Gasteiger partial charge in [0, 0.05) is 23.2 Å². The molecule has 0 amide bonds. The molecule has 5 heteroatoms. The summed E-state index contributed by atoms with van der Waals surface area (Å²) in [5.41, 5.74) is 0.937. The molecule has 0 bridgehead atoms. The normalized spacial score (nSPS) is 12.9. The van der Waals surface area contributed by atoms with Crippen molar-refractivity contribution in [3.63, 3.8) is 0 Å². The van der Waals surface area contributed by atoms with Crippen molar-refractivity contribution in [2.45, 2.75) is 45.5 Å². The van der Waals surface area contributed by atoms with Crippen LogP contribution < -0.4 is 0 Å². The first-order chi connectivity index (χ1) is 9.19. The quantitative estimate of drug-likeness (QED) is 0.603. The third-order valence-corrected chi connectivity index (χ3v) is 8.70. The van der Waals surface area contributed by atoms with Gasteiger partial charge in [0.2, 0.25) is 0 Å². The van der Waals surface area contributed by atoms with Gasteiger partial charge in [-0.25, -0.2) is 4.98 Å². The lowest BCUT2D eigenvalue weighted by atomic mass is 10.2. The van der Waals surface area contributed by atoms with Gasteiger partial charge in [0.1, 0.15) is 5.15 Å². The summed E-state index contributed by atoms with van der Waals surface area (Å²) in [4.78, 5) is 8.55. The summed E-state index contributed by atoms with van der Waals surface area (Å²) in [6.07, 6.45) is 3.60. The molecule has 0 unspecified atom stereocenters. The molecule has 0 aliphatic rings. The van der Waals surface area contributed by atoms with Crippen LogP contribution in [0, 0.1) is 0 Å². The predicted octanol–water partition coefficient (Wildman–Crippen LogP) is 4.81. The summed E-state index contributed by atoms with van der Waals surface area (Å²) in [7, 11) is -1.74. The Balaban J connectivity index is 2.17. The summed E-state index contributed by atoms with van der Waals surface area (Å²) in [5.74, 6) is 0. The predicted molar refractivity (Wildman–Crippen MR) is 86.5 cm³/mol. The molecule has 0 N–H and O–H groups in total. The molecule has 0 aliphatic heterocycles. The highest BCUT2D eigenvalue weighted by Crippen LogP contribution is 2.37. The molecular formula is C15H21ClN2OSi. The van der Waals surface area contributed by atoms with E-state index in [4.69, 9.17) is 16.0 Å². The van der Waals surface area contributed by atoms with Crippen molar-refractivity contribution in [2.24, 2.45) is 0 Å². The fourth-order valence-electron chi connectivity index (χ4n) is 1.61. The van der Waals surface area contributed by atoms with Gasteiger partial charge in [-0.15, -0.1) is 0 Å². The second-order valence-corrected chi connectivity index (χ2v) is 11.8. The Morgan fingerprint density at radius 1 is 1.10 bits per heavy atom. The average Bonchev–Trinajstić information content (AvgIpc) is 2.35. The number of halogens is 1. The summed E-state index contributed by atoms with van der Waals surface area (Å²) in [6, 6.07) is 3.84. The molecule has 0 aliphatic carbocycles. The van der Waals surface area contributed by atoms with E-state index in [0.29, 0.717) is 11.8 Å². The molecule has 2 aromatic rings. The number of fused-ring (bicyclic) bond motifs is 1. The summed E-state index contributed by atoms with van der Waals surface area (Å²) in [6.45, 7) is 11.7. The number of nitrogens with zero attached hydrogens (tertiary/aromatic N) is 2. The van der Waals surface area contributed by atoms with Crippen LogP contribution in [0.3, 0.4) is 0 Å². The Bertz CT molecular complexity index is 623. The molecular weight excluding hydrogens is 288 g/mol. The molecule has 20 heavy (non-hydrogen) atoms. The van der Waals surface area contributed by atoms with Crippen LogP contribution in [0.5, 0.6) is 0 Å². The first kappa shape index (κ1) is 15.4. The van der Waals surface area contributed by atoms with Gasteiger partial charge in [-0.2, -0.15) is 0 Å². The SMILES string of the molecule is CC(C)(C)[Si](C)(C)OCc1cc2cnc(Cl)cc2cn1. The molecule has 0 aromatic carbocycles. The van der Waals surface area contributed by atoms with Crippen molar-refractivity contribution >= 4 is 30.7 Å². The van der Waals surface area contributed by atoms with Crippen LogP contribution >= 0.6 is 11.6 Å². The number of hydrogen-bond acceptors (Lipinski definition) is 3. The highest BCUT2D eigenvalue weighted by Gasteiger charge is 2.37. The van der Waals surface area contributed by atoms with Gasteiger partial charge in [0.25, 0.3) is 0 Å². The first-order valence-electron chi connectivity index (χ1n) is 6.73. The van der Waals surface area contributed by atoms with Gasteiger partial charge in [0.15, 0.2) is 8.32 Å². The van der Waals surface area contributed by atoms with Crippen molar-refractivity contribution in [1.82, 2.24) is 9.97 Å². The zero-order valence-corrected chi connectivity index (χ0v) is 14.5. The maximum atomic E-state index is 6.18. The van der Waals surface area contributed by atoms with Crippen molar-refractivity contribution in [1.29, 1.82) is 0 Å².